The summed E-state index contributed by atoms with van der Waals surface area (Å²) in [5, 5.41) is 16.3. The number of carbonyl (C=O) groups is 2. The van der Waals surface area contributed by atoms with Crippen molar-refractivity contribution in [1.29, 1.82) is 0 Å². The van der Waals surface area contributed by atoms with Gasteiger partial charge in [0.05, 0.1) is 16.2 Å². The Hall–Kier alpha value is -2.87. The molecule has 0 aliphatic carbocycles. The maximum atomic E-state index is 12.5. The molecule has 0 atom stereocenters. The largest absolute Gasteiger partial charge is 0.353 e. The van der Waals surface area contributed by atoms with Crippen LogP contribution in [-0.4, -0.2) is 28.5 Å². The first-order valence-electron chi connectivity index (χ1n) is 7.94. The molecule has 26 heavy (non-hydrogen) atoms. The predicted octanol–water partition coefficient (Wildman–Crippen LogP) is 3.46. The quantitative estimate of drug-likeness (QED) is 0.440. The summed E-state index contributed by atoms with van der Waals surface area (Å²) in [6, 6.07) is 12.7. The van der Waals surface area contributed by atoms with E-state index in [0.29, 0.717) is 16.1 Å². The summed E-state index contributed by atoms with van der Waals surface area (Å²) in [4.78, 5) is 35.3. The fourth-order valence-corrected chi connectivity index (χ4v) is 3.04. The van der Waals surface area contributed by atoms with Gasteiger partial charge in [-0.3, -0.25) is 19.7 Å². The zero-order chi connectivity index (χ0) is 19.1. The molecule has 0 aliphatic rings. The third kappa shape index (κ3) is 5.59. The van der Waals surface area contributed by atoms with E-state index in [4.69, 9.17) is 0 Å². The molecule has 8 heteroatoms. The fraction of sp³-hybridized carbons (Fsp3) is 0.222. The molecular formula is C18H19N3O4S. The van der Waals surface area contributed by atoms with Crippen molar-refractivity contribution in [3.8, 4) is 0 Å². The highest BCUT2D eigenvalue weighted by molar-refractivity contribution is 8.00. The average Bonchev–Trinajstić information content (AvgIpc) is 2.59. The van der Waals surface area contributed by atoms with Crippen LogP contribution in [0.25, 0.3) is 0 Å². The van der Waals surface area contributed by atoms with E-state index in [9.17, 15) is 19.7 Å². The van der Waals surface area contributed by atoms with Crippen molar-refractivity contribution in [2.24, 2.45) is 0 Å². The Labute approximate surface area is 155 Å². The molecule has 2 aromatic rings. The molecule has 0 heterocycles. The Kier molecular flexibility index (Phi) is 6.74. The van der Waals surface area contributed by atoms with Gasteiger partial charge in [0.1, 0.15) is 0 Å². The minimum atomic E-state index is -0.521. The summed E-state index contributed by atoms with van der Waals surface area (Å²) in [6.45, 7) is 3.76. The summed E-state index contributed by atoms with van der Waals surface area (Å²) in [5.41, 5.74) is 0.638. The number of thioether (sulfide) groups is 1. The molecule has 0 spiro atoms. The zero-order valence-electron chi connectivity index (χ0n) is 14.4. The number of hydrogen-bond acceptors (Lipinski definition) is 5. The minimum absolute atomic E-state index is 0.0514. The summed E-state index contributed by atoms with van der Waals surface area (Å²) < 4.78 is 0. The second kappa shape index (κ2) is 9.00. The normalized spacial score (nSPS) is 10.4. The maximum Gasteiger partial charge on any atom is 0.271 e. The monoisotopic (exact) mass is 373 g/mol. The van der Waals surface area contributed by atoms with Crippen LogP contribution in [0.3, 0.4) is 0 Å². The lowest BCUT2D eigenvalue weighted by molar-refractivity contribution is -0.384. The molecule has 2 aromatic carbocycles. The molecule has 0 saturated carbocycles. The van der Waals surface area contributed by atoms with E-state index >= 15 is 0 Å². The predicted molar refractivity (Wildman–Crippen MR) is 101 cm³/mol. The van der Waals surface area contributed by atoms with Crippen molar-refractivity contribution >= 4 is 35.0 Å². The molecule has 136 valence electrons. The number of rotatable bonds is 7. The van der Waals surface area contributed by atoms with Crippen LogP contribution in [0.2, 0.25) is 0 Å². The molecule has 0 saturated heterocycles. The van der Waals surface area contributed by atoms with E-state index in [0.717, 1.165) is 0 Å². The molecule has 2 rings (SSSR count). The summed E-state index contributed by atoms with van der Waals surface area (Å²) in [6.07, 6.45) is 0. The van der Waals surface area contributed by atoms with E-state index in [1.54, 1.807) is 30.3 Å². The van der Waals surface area contributed by atoms with Gasteiger partial charge in [0.15, 0.2) is 0 Å². The summed E-state index contributed by atoms with van der Waals surface area (Å²) in [7, 11) is 0. The zero-order valence-corrected chi connectivity index (χ0v) is 15.2. The molecule has 0 aliphatic heterocycles. The third-order valence-electron chi connectivity index (χ3n) is 3.25. The van der Waals surface area contributed by atoms with Gasteiger partial charge in [0, 0.05) is 28.8 Å². The number of nitro groups is 1. The topological polar surface area (TPSA) is 101 Å². The van der Waals surface area contributed by atoms with E-state index < -0.39 is 10.8 Å². The Morgan fingerprint density at radius 3 is 2.58 bits per heavy atom. The van der Waals surface area contributed by atoms with Crippen molar-refractivity contribution in [3.63, 3.8) is 0 Å². The number of hydrogen-bond donors (Lipinski definition) is 2. The van der Waals surface area contributed by atoms with Crippen LogP contribution in [0.4, 0.5) is 11.4 Å². The number of nitrogens with zero attached hydrogens (tertiary/aromatic N) is 1. The number of anilines is 1. The highest BCUT2D eigenvalue weighted by Gasteiger charge is 2.14. The molecule has 2 N–H and O–H groups in total. The van der Waals surface area contributed by atoms with Gasteiger partial charge in [-0.1, -0.05) is 18.2 Å². The highest BCUT2D eigenvalue weighted by Crippen LogP contribution is 2.24. The van der Waals surface area contributed by atoms with Crippen LogP contribution in [0.1, 0.15) is 24.2 Å². The Balaban J connectivity index is 2.11. The first kappa shape index (κ1) is 19.5. The molecular weight excluding hydrogens is 354 g/mol. The lowest BCUT2D eigenvalue weighted by atomic mass is 10.2. The maximum absolute atomic E-state index is 12.5. The van der Waals surface area contributed by atoms with E-state index in [2.05, 4.69) is 10.6 Å². The Morgan fingerprint density at radius 2 is 1.88 bits per heavy atom. The van der Waals surface area contributed by atoms with Crippen LogP contribution >= 0.6 is 11.8 Å². The average molecular weight is 373 g/mol. The van der Waals surface area contributed by atoms with Crippen LogP contribution in [0.5, 0.6) is 0 Å². The SMILES string of the molecule is CC(C)NC(=O)CSc1ccccc1C(=O)Nc1cccc([N+](=O)[O-])c1. The Morgan fingerprint density at radius 1 is 1.15 bits per heavy atom. The molecule has 0 aromatic heterocycles. The first-order valence-corrected chi connectivity index (χ1v) is 8.92. The van der Waals surface area contributed by atoms with Crippen molar-refractivity contribution in [1.82, 2.24) is 5.32 Å². The highest BCUT2D eigenvalue weighted by atomic mass is 32.2. The number of nitrogens with one attached hydrogen (secondary N) is 2. The standard InChI is InChI=1S/C18H19N3O4S/c1-12(2)19-17(22)11-26-16-9-4-3-8-15(16)18(23)20-13-6-5-7-14(10-13)21(24)25/h3-10,12H,11H2,1-2H3,(H,19,22)(H,20,23). The van der Waals surface area contributed by atoms with Crippen molar-refractivity contribution in [3.05, 3.63) is 64.2 Å². The van der Waals surface area contributed by atoms with Crippen LogP contribution in [0.15, 0.2) is 53.4 Å². The second-order valence-corrected chi connectivity index (χ2v) is 6.79. The number of benzene rings is 2. The van der Waals surface area contributed by atoms with Gasteiger partial charge in [0.25, 0.3) is 11.6 Å². The van der Waals surface area contributed by atoms with Crippen molar-refractivity contribution in [2.45, 2.75) is 24.8 Å². The van der Waals surface area contributed by atoms with Crippen LogP contribution < -0.4 is 10.6 Å². The van der Waals surface area contributed by atoms with Crippen LogP contribution in [-0.2, 0) is 4.79 Å². The van der Waals surface area contributed by atoms with Crippen molar-refractivity contribution in [2.75, 3.05) is 11.1 Å². The van der Waals surface area contributed by atoms with Gasteiger partial charge in [-0.25, -0.2) is 0 Å². The smallest absolute Gasteiger partial charge is 0.271 e. The van der Waals surface area contributed by atoms with Gasteiger partial charge < -0.3 is 10.6 Å². The number of amides is 2. The van der Waals surface area contributed by atoms with Crippen LogP contribution in [0, 0.1) is 10.1 Å². The van der Waals surface area contributed by atoms with E-state index in [-0.39, 0.29) is 23.4 Å². The van der Waals surface area contributed by atoms with E-state index in [1.807, 2.05) is 13.8 Å². The van der Waals surface area contributed by atoms with E-state index in [1.165, 1.54) is 30.0 Å². The minimum Gasteiger partial charge on any atom is -0.353 e. The summed E-state index contributed by atoms with van der Waals surface area (Å²) in [5.74, 6) is -0.309. The molecule has 7 nitrogen and oxygen atoms in total. The third-order valence-corrected chi connectivity index (χ3v) is 4.33. The molecule has 0 radical (unpaired) electrons. The fourth-order valence-electron chi connectivity index (χ4n) is 2.18. The summed E-state index contributed by atoms with van der Waals surface area (Å²) >= 11 is 1.26. The van der Waals surface area contributed by atoms with Gasteiger partial charge in [-0.15, -0.1) is 11.8 Å². The molecule has 2 amide bonds. The molecule has 0 unspecified atom stereocenters. The second-order valence-electron chi connectivity index (χ2n) is 5.77. The molecule has 0 fully saturated rings. The molecule has 0 bridgehead atoms. The first-order chi connectivity index (χ1) is 12.4. The Bertz CT molecular complexity index is 824. The van der Waals surface area contributed by atoms with Gasteiger partial charge in [-0.2, -0.15) is 0 Å². The van der Waals surface area contributed by atoms with Gasteiger partial charge in [0.2, 0.25) is 5.91 Å². The lowest BCUT2D eigenvalue weighted by Gasteiger charge is -2.11. The number of carbonyl (C=O) groups excluding carboxylic acids is 2. The van der Waals surface area contributed by atoms with Gasteiger partial charge >= 0.3 is 0 Å². The van der Waals surface area contributed by atoms with Gasteiger partial charge in [-0.05, 0) is 32.0 Å². The lowest BCUT2D eigenvalue weighted by Crippen LogP contribution is -2.31. The number of nitro benzene ring substituents is 1. The number of non-ortho nitro benzene ring substituents is 1. The van der Waals surface area contributed by atoms with Crippen molar-refractivity contribution < 1.29 is 14.5 Å².